The molecule has 1 aromatic rings. The molecule has 1 heterocycles. The fraction of sp³-hybridized carbons (Fsp3) is 0.706. The molecule has 1 rings (SSSR count). The highest BCUT2D eigenvalue weighted by Gasteiger charge is 2.05. The van der Waals surface area contributed by atoms with E-state index in [-0.39, 0.29) is 0 Å². The second kappa shape index (κ2) is 18.2. The van der Waals surface area contributed by atoms with E-state index in [1.165, 1.54) is 16.2 Å². The number of carboxylic acids is 1. The Morgan fingerprint density at radius 2 is 1.60 bits per heavy atom. The lowest BCUT2D eigenvalue weighted by Gasteiger charge is -1.91. The highest BCUT2D eigenvalue weighted by Crippen LogP contribution is 2.18. The van der Waals surface area contributed by atoms with Crippen molar-refractivity contribution in [3.63, 3.8) is 0 Å². The Morgan fingerprint density at radius 1 is 1.15 bits per heavy atom. The van der Waals surface area contributed by atoms with Crippen LogP contribution in [-0.2, 0) is 6.42 Å². The van der Waals surface area contributed by atoms with E-state index in [4.69, 9.17) is 5.11 Å². The topological polar surface area (TPSA) is 37.3 Å². The van der Waals surface area contributed by atoms with Gasteiger partial charge in [0.1, 0.15) is 4.88 Å². The van der Waals surface area contributed by atoms with Crippen molar-refractivity contribution >= 4 is 17.3 Å². The third kappa shape index (κ3) is 17.2. The number of thiophene rings is 1. The van der Waals surface area contributed by atoms with Gasteiger partial charge in [0.25, 0.3) is 0 Å². The van der Waals surface area contributed by atoms with Gasteiger partial charge in [0.05, 0.1) is 0 Å². The standard InChI is InChI=1S/C9H12O2S.C4H10.2C2H6/c1-2-3-4-7-5-6-8(12-7)9(10)11;1-4(2)3;2*1-2/h5-6H,2-4H2,1H3,(H,10,11);4H,1-3H3;2*1-2H3. The summed E-state index contributed by atoms with van der Waals surface area (Å²) in [6.45, 7) is 16.6. The van der Waals surface area contributed by atoms with E-state index >= 15 is 0 Å². The van der Waals surface area contributed by atoms with Gasteiger partial charge in [-0.2, -0.15) is 0 Å². The molecule has 2 nitrogen and oxygen atoms in total. The van der Waals surface area contributed by atoms with Crippen LogP contribution in [0.2, 0.25) is 0 Å². The molecule has 0 aliphatic carbocycles. The van der Waals surface area contributed by atoms with Crippen molar-refractivity contribution in [2.45, 2.75) is 74.7 Å². The fourth-order valence-electron chi connectivity index (χ4n) is 0.978. The number of rotatable bonds is 4. The van der Waals surface area contributed by atoms with Gasteiger partial charge in [-0.05, 0) is 30.9 Å². The van der Waals surface area contributed by atoms with Crippen molar-refractivity contribution in [2.75, 3.05) is 0 Å². The number of carboxylic acid groups (broad SMARTS) is 1. The molecule has 0 radical (unpaired) electrons. The molecular weight excluding hydrogens is 268 g/mol. The molecule has 0 bridgehead atoms. The second-order valence-corrected chi connectivity index (χ2v) is 5.58. The number of aromatic carboxylic acids is 1. The maximum absolute atomic E-state index is 10.5. The van der Waals surface area contributed by atoms with Crippen molar-refractivity contribution in [3.05, 3.63) is 21.9 Å². The predicted molar refractivity (Wildman–Crippen MR) is 93.1 cm³/mol. The average molecular weight is 303 g/mol. The average Bonchev–Trinajstić information content (AvgIpc) is 2.89. The van der Waals surface area contributed by atoms with Crippen molar-refractivity contribution < 1.29 is 9.90 Å². The molecule has 120 valence electrons. The zero-order valence-electron chi connectivity index (χ0n) is 14.6. The molecule has 0 saturated heterocycles. The Labute approximate surface area is 130 Å². The minimum Gasteiger partial charge on any atom is -0.477 e. The molecule has 1 aromatic heterocycles. The minimum atomic E-state index is -0.817. The van der Waals surface area contributed by atoms with Gasteiger partial charge in [-0.15, -0.1) is 11.3 Å². The summed E-state index contributed by atoms with van der Waals surface area (Å²) < 4.78 is 0. The van der Waals surface area contributed by atoms with Crippen LogP contribution in [0.5, 0.6) is 0 Å². The second-order valence-electron chi connectivity index (χ2n) is 4.41. The first kappa shape index (κ1) is 24.2. The maximum atomic E-state index is 10.5. The molecule has 0 unspecified atom stereocenters. The van der Waals surface area contributed by atoms with E-state index in [0.717, 1.165) is 25.2 Å². The summed E-state index contributed by atoms with van der Waals surface area (Å²) in [5.74, 6) is 0.0164. The van der Waals surface area contributed by atoms with Gasteiger partial charge in [-0.25, -0.2) is 4.79 Å². The monoisotopic (exact) mass is 302 g/mol. The number of aryl methyl sites for hydroxylation is 1. The summed E-state index contributed by atoms with van der Waals surface area (Å²) in [7, 11) is 0. The number of hydrogen-bond donors (Lipinski definition) is 1. The van der Waals surface area contributed by atoms with Gasteiger partial charge >= 0.3 is 5.97 Å². The molecule has 20 heavy (non-hydrogen) atoms. The fourth-order valence-corrected chi connectivity index (χ4v) is 1.87. The molecular formula is C17H34O2S. The first-order valence-corrected chi connectivity index (χ1v) is 8.61. The summed E-state index contributed by atoms with van der Waals surface area (Å²) in [5.41, 5.74) is 0. The summed E-state index contributed by atoms with van der Waals surface area (Å²) in [6.07, 6.45) is 3.30. The van der Waals surface area contributed by atoms with E-state index < -0.39 is 5.97 Å². The molecule has 0 saturated carbocycles. The zero-order chi connectivity index (χ0) is 16.6. The van der Waals surface area contributed by atoms with Crippen molar-refractivity contribution in [1.82, 2.24) is 0 Å². The normalized spacial score (nSPS) is 8.45. The van der Waals surface area contributed by atoms with Gasteiger partial charge in [-0.1, -0.05) is 61.8 Å². The third-order valence-corrected chi connectivity index (χ3v) is 2.78. The summed E-state index contributed by atoms with van der Waals surface area (Å²) in [4.78, 5) is 12.1. The number of unbranched alkanes of at least 4 members (excludes halogenated alkanes) is 1. The smallest absolute Gasteiger partial charge is 0.345 e. The molecule has 0 aromatic carbocycles. The molecule has 0 spiro atoms. The van der Waals surface area contributed by atoms with Crippen molar-refractivity contribution in [3.8, 4) is 0 Å². The lowest BCUT2D eigenvalue weighted by molar-refractivity contribution is 0.0702. The zero-order valence-corrected chi connectivity index (χ0v) is 15.4. The maximum Gasteiger partial charge on any atom is 0.345 e. The molecule has 0 amide bonds. The van der Waals surface area contributed by atoms with Crippen LogP contribution in [0.1, 0.15) is 82.8 Å². The van der Waals surface area contributed by atoms with Crippen LogP contribution in [0.25, 0.3) is 0 Å². The van der Waals surface area contributed by atoms with Gasteiger partial charge < -0.3 is 5.11 Å². The van der Waals surface area contributed by atoms with Gasteiger partial charge in [0, 0.05) is 4.88 Å². The minimum absolute atomic E-state index is 0.445. The first-order chi connectivity index (χ1) is 9.47. The third-order valence-electron chi connectivity index (χ3n) is 1.65. The Morgan fingerprint density at radius 3 is 1.90 bits per heavy atom. The highest BCUT2D eigenvalue weighted by atomic mass is 32.1. The molecule has 0 fully saturated rings. The van der Waals surface area contributed by atoms with Crippen molar-refractivity contribution in [2.24, 2.45) is 5.92 Å². The molecule has 0 aliphatic rings. The molecule has 0 atom stereocenters. The van der Waals surface area contributed by atoms with Crippen molar-refractivity contribution in [1.29, 1.82) is 0 Å². The summed E-state index contributed by atoms with van der Waals surface area (Å²) >= 11 is 1.38. The van der Waals surface area contributed by atoms with Gasteiger partial charge in [0.2, 0.25) is 0 Å². The van der Waals surface area contributed by atoms with Crippen LogP contribution < -0.4 is 0 Å². The van der Waals surface area contributed by atoms with Crippen LogP contribution in [0, 0.1) is 5.92 Å². The largest absolute Gasteiger partial charge is 0.477 e. The van der Waals surface area contributed by atoms with E-state index in [9.17, 15) is 4.79 Å². The molecule has 3 heteroatoms. The van der Waals surface area contributed by atoms with Gasteiger partial charge in [-0.3, -0.25) is 0 Å². The quantitative estimate of drug-likeness (QED) is 0.689. The SMILES string of the molecule is CC.CC.CC(C)C.CCCCc1ccc(C(=O)O)s1. The van der Waals surface area contributed by atoms with E-state index in [1.807, 2.05) is 33.8 Å². The lowest BCUT2D eigenvalue weighted by Crippen LogP contribution is -1.89. The predicted octanol–water partition coefficient (Wildman–Crippen LogP) is 6.50. The first-order valence-electron chi connectivity index (χ1n) is 7.79. The van der Waals surface area contributed by atoms with Crippen LogP contribution in [0.4, 0.5) is 0 Å². The Hall–Kier alpha value is -0.830. The van der Waals surface area contributed by atoms with E-state index in [1.54, 1.807) is 6.07 Å². The van der Waals surface area contributed by atoms with Crippen LogP contribution in [-0.4, -0.2) is 11.1 Å². The Bertz CT molecular complexity index is 301. The van der Waals surface area contributed by atoms with Crippen LogP contribution in [0.15, 0.2) is 12.1 Å². The lowest BCUT2D eigenvalue weighted by atomic mass is 10.2. The summed E-state index contributed by atoms with van der Waals surface area (Å²) in [5, 5.41) is 8.63. The van der Waals surface area contributed by atoms with Crippen LogP contribution in [0.3, 0.4) is 0 Å². The van der Waals surface area contributed by atoms with E-state index in [0.29, 0.717) is 4.88 Å². The van der Waals surface area contributed by atoms with Gasteiger partial charge in [0.15, 0.2) is 0 Å². The summed E-state index contributed by atoms with van der Waals surface area (Å²) in [6, 6.07) is 3.59. The number of carbonyl (C=O) groups is 1. The Kier molecular flexibility index (Phi) is 22.0. The highest BCUT2D eigenvalue weighted by molar-refractivity contribution is 7.13. The number of hydrogen-bond acceptors (Lipinski definition) is 2. The Balaban J connectivity index is -0.000000306. The molecule has 1 N–H and O–H groups in total. The van der Waals surface area contributed by atoms with Crippen LogP contribution >= 0.6 is 11.3 Å². The molecule has 0 aliphatic heterocycles. The van der Waals surface area contributed by atoms with E-state index in [2.05, 4.69) is 27.7 Å².